The molecule has 1 heterocycles. The Morgan fingerprint density at radius 2 is 1.75 bits per heavy atom. The lowest BCUT2D eigenvalue weighted by atomic mass is 10.3. The Bertz CT molecular complexity index is 739. The zero-order valence-electron chi connectivity index (χ0n) is 13.9. The first-order valence-electron chi connectivity index (χ1n) is 7.47. The maximum atomic E-state index is 12.8. The number of rotatable bonds is 4. The van der Waals surface area contributed by atoms with E-state index in [1.54, 1.807) is 4.90 Å². The molecule has 2 amide bonds. The van der Waals surface area contributed by atoms with Crippen LogP contribution in [0.25, 0.3) is 0 Å². The number of carbonyl (C=O) groups excluding carboxylic acids is 2. The number of ether oxygens (including phenoxy) is 1. The minimum Gasteiger partial charge on any atom is -0.495 e. The second-order valence-corrected chi connectivity index (χ2v) is 7.39. The molecule has 1 fully saturated rings. The summed E-state index contributed by atoms with van der Waals surface area (Å²) >= 11 is 0. The van der Waals surface area contributed by atoms with Crippen LogP contribution >= 0.6 is 0 Å². The maximum Gasteiger partial charge on any atom is 0.243 e. The highest BCUT2D eigenvalue weighted by Gasteiger charge is 2.29. The summed E-state index contributed by atoms with van der Waals surface area (Å²) in [6.07, 6.45) is 0. The number of anilines is 1. The fraction of sp³-hybridized carbons (Fsp3) is 0.467. The van der Waals surface area contributed by atoms with Crippen LogP contribution in [0.1, 0.15) is 13.8 Å². The summed E-state index contributed by atoms with van der Waals surface area (Å²) < 4.78 is 32.0. The van der Waals surface area contributed by atoms with Crippen molar-refractivity contribution in [2.75, 3.05) is 38.6 Å². The van der Waals surface area contributed by atoms with E-state index in [1.165, 1.54) is 43.5 Å². The van der Waals surface area contributed by atoms with Crippen molar-refractivity contribution in [2.24, 2.45) is 0 Å². The van der Waals surface area contributed by atoms with E-state index in [0.29, 0.717) is 24.5 Å². The fourth-order valence-electron chi connectivity index (χ4n) is 2.53. The van der Waals surface area contributed by atoms with Crippen molar-refractivity contribution in [3.63, 3.8) is 0 Å². The highest BCUT2D eigenvalue weighted by molar-refractivity contribution is 7.89. The predicted octanol–water partition coefficient (Wildman–Crippen LogP) is 0.506. The Morgan fingerprint density at radius 1 is 1.12 bits per heavy atom. The molecule has 0 aliphatic carbocycles. The number of hydrogen-bond donors (Lipinski definition) is 1. The molecular formula is C15H21N3O5S. The second-order valence-electron chi connectivity index (χ2n) is 5.45. The van der Waals surface area contributed by atoms with Crippen LogP contribution in [0.15, 0.2) is 23.1 Å². The quantitative estimate of drug-likeness (QED) is 0.849. The van der Waals surface area contributed by atoms with Crippen molar-refractivity contribution < 1.29 is 22.7 Å². The lowest BCUT2D eigenvalue weighted by Gasteiger charge is -2.33. The van der Waals surface area contributed by atoms with Crippen molar-refractivity contribution in [1.29, 1.82) is 0 Å². The van der Waals surface area contributed by atoms with Gasteiger partial charge in [0.1, 0.15) is 5.75 Å². The topological polar surface area (TPSA) is 96.0 Å². The molecule has 0 bridgehead atoms. The Hall–Kier alpha value is -2.13. The number of methoxy groups -OCH3 is 1. The van der Waals surface area contributed by atoms with Gasteiger partial charge in [0.15, 0.2) is 0 Å². The van der Waals surface area contributed by atoms with Crippen LogP contribution in [0.4, 0.5) is 5.69 Å². The number of sulfonamides is 1. The molecule has 132 valence electrons. The lowest BCUT2D eigenvalue weighted by molar-refractivity contribution is -0.130. The van der Waals surface area contributed by atoms with E-state index in [9.17, 15) is 18.0 Å². The minimum absolute atomic E-state index is 0.0653. The molecule has 1 aliphatic rings. The van der Waals surface area contributed by atoms with Crippen LogP contribution < -0.4 is 10.1 Å². The Balaban J connectivity index is 2.26. The van der Waals surface area contributed by atoms with E-state index in [-0.39, 0.29) is 29.8 Å². The molecule has 1 aromatic rings. The Kier molecular flexibility index (Phi) is 5.45. The van der Waals surface area contributed by atoms with E-state index in [0.717, 1.165) is 0 Å². The summed E-state index contributed by atoms with van der Waals surface area (Å²) in [5.41, 5.74) is 0.299. The zero-order valence-corrected chi connectivity index (χ0v) is 14.7. The molecule has 0 atom stereocenters. The van der Waals surface area contributed by atoms with E-state index in [4.69, 9.17) is 4.74 Å². The number of amides is 2. The molecule has 24 heavy (non-hydrogen) atoms. The molecule has 1 aliphatic heterocycles. The number of nitrogens with zero attached hydrogens (tertiary/aromatic N) is 2. The smallest absolute Gasteiger partial charge is 0.243 e. The average molecular weight is 355 g/mol. The molecule has 1 aromatic carbocycles. The van der Waals surface area contributed by atoms with Crippen LogP contribution in [0.5, 0.6) is 5.75 Å². The molecule has 8 nitrogen and oxygen atoms in total. The number of carbonyl (C=O) groups is 2. The van der Waals surface area contributed by atoms with Gasteiger partial charge in [0.05, 0.1) is 17.7 Å². The van der Waals surface area contributed by atoms with Crippen LogP contribution in [0.2, 0.25) is 0 Å². The third-order valence-electron chi connectivity index (χ3n) is 3.80. The van der Waals surface area contributed by atoms with Crippen LogP contribution in [-0.4, -0.2) is 62.7 Å². The third-order valence-corrected chi connectivity index (χ3v) is 5.70. The molecule has 1 saturated heterocycles. The first-order chi connectivity index (χ1) is 11.3. The van der Waals surface area contributed by atoms with Crippen LogP contribution in [0.3, 0.4) is 0 Å². The first kappa shape index (κ1) is 18.2. The van der Waals surface area contributed by atoms with Crippen molar-refractivity contribution in [2.45, 2.75) is 18.7 Å². The highest BCUT2D eigenvalue weighted by Crippen LogP contribution is 2.29. The second kappa shape index (κ2) is 7.18. The van der Waals surface area contributed by atoms with Gasteiger partial charge in [0, 0.05) is 40.0 Å². The van der Waals surface area contributed by atoms with E-state index >= 15 is 0 Å². The molecule has 0 spiro atoms. The number of piperazine rings is 1. The summed E-state index contributed by atoms with van der Waals surface area (Å²) in [6.45, 7) is 4.01. The Labute approximate surface area is 141 Å². The van der Waals surface area contributed by atoms with Gasteiger partial charge in [-0.25, -0.2) is 8.42 Å². The van der Waals surface area contributed by atoms with Gasteiger partial charge in [0.25, 0.3) is 0 Å². The van der Waals surface area contributed by atoms with Crippen LogP contribution in [-0.2, 0) is 19.6 Å². The molecule has 2 rings (SSSR count). The van der Waals surface area contributed by atoms with Gasteiger partial charge in [-0.2, -0.15) is 4.31 Å². The predicted molar refractivity (Wildman–Crippen MR) is 88.3 cm³/mol. The van der Waals surface area contributed by atoms with Gasteiger partial charge in [0.2, 0.25) is 21.8 Å². The van der Waals surface area contributed by atoms with E-state index < -0.39 is 10.0 Å². The summed E-state index contributed by atoms with van der Waals surface area (Å²) in [4.78, 5) is 24.3. The normalized spacial score (nSPS) is 15.9. The average Bonchev–Trinajstić information content (AvgIpc) is 2.54. The largest absolute Gasteiger partial charge is 0.495 e. The molecule has 1 N–H and O–H groups in total. The summed E-state index contributed by atoms with van der Waals surface area (Å²) in [5.74, 6) is -0.00657. The molecular weight excluding hydrogens is 334 g/mol. The highest BCUT2D eigenvalue weighted by atomic mass is 32.2. The van der Waals surface area contributed by atoms with Crippen molar-refractivity contribution in [3.05, 3.63) is 18.2 Å². The lowest BCUT2D eigenvalue weighted by Crippen LogP contribution is -2.49. The fourth-order valence-corrected chi connectivity index (χ4v) is 3.98. The monoisotopic (exact) mass is 355 g/mol. The SMILES string of the molecule is COc1ccc(S(=O)(=O)N2CCN(C(C)=O)CC2)cc1NC(C)=O. The van der Waals surface area contributed by atoms with Crippen molar-refractivity contribution in [1.82, 2.24) is 9.21 Å². The van der Waals surface area contributed by atoms with Crippen LogP contribution in [0, 0.1) is 0 Å². The number of benzene rings is 1. The molecule has 0 radical (unpaired) electrons. The standard InChI is InChI=1S/C15H21N3O5S/c1-11(19)16-14-10-13(4-5-15(14)23-3)24(21,22)18-8-6-17(7-9-18)12(2)20/h4-5,10H,6-9H2,1-3H3,(H,16,19). The van der Waals surface area contributed by atoms with Crippen molar-refractivity contribution >= 4 is 27.5 Å². The van der Waals surface area contributed by atoms with E-state index in [1.807, 2.05) is 0 Å². The Morgan fingerprint density at radius 3 is 2.25 bits per heavy atom. The summed E-state index contributed by atoms with van der Waals surface area (Å²) in [5, 5.41) is 2.56. The third kappa shape index (κ3) is 3.85. The van der Waals surface area contributed by atoms with Gasteiger partial charge in [-0.3, -0.25) is 9.59 Å². The van der Waals surface area contributed by atoms with Gasteiger partial charge in [-0.1, -0.05) is 0 Å². The molecule has 9 heteroatoms. The number of nitrogens with one attached hydrogen (secondary N) is 1. The zero-order chi connectivity index (χ0) is 17.9. The molecule has 0 aromatic heterocycles. The minimum atomic E-state index is -3.71. The summed E-state index contributed by atoms with van der Waals surface area (Å²) in [6, 6.07) is 4.33. The molecule has 0 unspecified atom stereocenters. The van der Waals surface area contributed by atoms with Crippen molar-refractivity contribution in [3.8, 4) is 5.75 Å². The van der Waals surface area contributed by atoms with E-state index in [2.05, 4.69) is 5.32 Å². The summed E-state index contributed by atoms with van der Waals surface area (Å²) in [7, 11) is -2.27. The van der Waals surface area contributed by atoms with Gasteiger partial charge >= 0.3 is 0 Å². The van der Waals surface area contributed by atoms with Gasteiger partial charge < -0.3 is 15.0 Å². The van der Waals surface area contributed by atoms with Gasteiger partial charge in [-0.05, 0) is 18.2 Å². The number of hydrogen-bond acceptors (Lipinski definition) is 5. The van der Waals surface area contributed by atoms with Gasteiger partial charge in [-0.15, -0.1) is 0 Å². The molecule has 0 saturated carbocycles. The first-order valence-corrected chi connectivity index (χ1v) is 8.91. The maximum absolute atomic E-state index is 12.8.